The van der Waals surface area contributed by atoms with Crippen LogP contribution in [-0.4, -0.2) is 25.8 Å². The quantitative estimate of drug-likeness (QED) is 0.852. The minimum absolute atomic E-state index is 0.489. The van der Waals surface area contributed by atoms with E-state index in [1.54, 1.807) is 0 Å². The number of hydrogen-bond donors (Lipinski definition) is 1. The molecule has 1 aromatic rings. The molecular formula is C15H23NOS. The predicted molar refractivity (Wildman–Crippen MR) is 76.2 cm³/mol. The van der Waals surface area contributed by atoms with Gasteiger partial charge in [0.05, 0.1) is 0 Å². The molecule has 1 N–H and O–H groups in total. The van der Waals surface area contributed by atoms with Crippen molar-refractivity contribution in [1.29, 1.82) is 0 Å². The van der Waals surface area contributed by atoms with Gasteiger partial charge in [-0.2, -0.15) is 11.3 Å². The smallest absolute Gasteiger partial charge is 0.0471 e. The molecule has 0 amide bonds. The maximum Gasteiger partial charge on any atom is 0.0471 e. The molecule has 0 radical (unpaired) electrons. The molecule has 1 saturated heterocycles. The van der Waals surface area contributed by atoms with Crippen LogP contribution in [-0.2, 0) is 11.2 Å². The van der Waals surface area contributed by atoms with Crippen LogP contribution in [0.2, 0.25) is 0 Å². The highest BCUT2D eigenvalue weighted by Crippen LogP contribution is 2.36. The van der Waals surface area contributed by atoms with Crippen molar-refractivity contribution in [2.75, 3.05) is 19.8 Å². The lowest BCUT2D eigenvalue weighted by atomic mass is 9.75. The summed E-state index contributed by atoms with van der Waals surface area (Å²) in [7, 11) is 0. The highest BCUT2D eigenvalue weighted by Gasteiger charge is 2.34. The first-order chi connectivity index (χ1) is 8.86. The molecule has 0 atom stereocenters. The zero-order chi connectivity index (χ0) is 12.3. The zero-order valence-electron chi connectivity index (χ0n) is 11.0. The second-order valence-corrected chi connectivity index (χ2v) is 6.68. The summed E-state index contributed by atoms with van der Waals surface area (Å²) in [5, 5.41) is 8.23. The first-order valence-corrected chi connectivity index (χ1v) is 8.13. The molecule has 1 aliphatic carbocycles. The molecule has 0 spiro atoms. The van der Waals surface area contributed by atoms with E-state index >= 15 is 0 Å². The van der Waals surface area contributed by atoms with E-state index in [1.807, 2.05) is 11.3 Å². The van der Waals surface area contributed by atoms with Crippen molar-refractivity contribution >= 4 is 11.3 Å². The largest absolute Gasteiger partial charge is 0.381 e. The summed E-state index contributed by atoms with van der Waals surface area (Å²) in [6.45, 7) is 3.11. The maximum absolute atomic E-state index is 5.56. The molecule has 1 aromatic heterocycles. The Morgan fingerprint density at radius 2 is 2.17 bits per heavy atom. The van der Waals surface area contributed by atoms with Crippen molar-refractivity contribution in [1.82, 2.24) is 5.32 Å². The minimum atomic E-state index is 0.489. The summed E-state index contributed by atoms with van der Waals surface area (Å²) < 4.78 is 5.56. The molecule has 2 aliphatic rings. The van der Waals surface area contributed by atoms with Crippen LogP contribution >= 0.6 is 11.3 Å². The molecule has 1 aliphatic heterocycles. The Morgan fingerprint density at radius 1 is 1.33 bits per heavy atom. The van der Waals surface area contributed by atoms with Crippen LogP contribution in [0.3, 0.4) is 0 Å². The normalized spacial score (nSPS) is 23.1. The molecule has 0 unspecified atom stereocenters. The standard InChI is InChI=1S/C15H23NOS/c1-2-14(1)16-12-15(6-8-17-9-7-15)5-3-13-4-10-18-11-13/h4,10-11,14,16H,1-3,5-9,12H2. The van der Waals surface area contributed by atoms with Crippen molar-refractivity contribution < 1.29 is 4.74 Å². The molecule has 2 nitrogen and oxygen atoms in total. The van der Waals surface area contributed by atoms with Gasteiger partial charge in [0.25, 0.3) is 0 Å². The molecule has 1 saturated carbocycles. The van der Waals surface area contributed by atoms with Gasteiger partial charge in [-0.15, -0.1) is 0 Å². The average Bonchev–Trinajstić information content (AvgIpc) is 3.10. The Labute approximate surface area is 114 Å². The Hall–Kier alpha value is -0.380. The first-order valence-electron chi connectivity index (χ1n) is 7.19. The molecule has 2 heterocycles. The summed E-state index contributed by atoms with van der Waals surface area (Å²) in [4.78, 5) is 0. The van der Waals surface area contributed by atoms with E-state index in [4.69, 9.17) is 4.74 Å². The zero-order valence-corrected chi connectivity index (χ0v) is 11.8. The second-order valence-electron chi connectivity index (χ2n) is 5.90. The van der Waals surface area contributed by atoms with Crippen LogP contribution in [0.15, 0.2) is 16.8 Å². The number of rotatable bonds is 6. The molecular weight excluding hydrogens is 242 g/mol. The van der Waals surface area contributed by atoms with Crippen LogP contribution in [0.1, 0.15) is 37.7 Å². The second kappa shape index (κ2) is 5.72. The summed E-state index contributed by atoms with van der Waals surface area (Å²) in [5.74, 6) is 0. The third-order valence-electron chi connectivity index (χ3n) is 4.42. The maximum atomic E-state index is 5.56. The first kappa shape index (κ1) is 12.6. The van der Waals surface area contributed by atoms with Crippen LogP contribution < -0.4 is 5.32 Å². The lowest BCUT2D eigenvalue weighted by Gasteiger charge is -2.37. The molecule has 0 aromatic carbocycles. The summed E-state index contributed by atoms with van der Waals surface area (Å²) >= 11 is 1.81. The third kappa shape index (κ3) is 3.34. The third-order valence-corrected chi connectivity index (χ3v) is 5.15. The van der Waals surface area contributed by atoms with Crippen LogP contribution in [0.4, 0.5) is 0 Å². The van der Waals surface area contributed by atoms with Crippen LogP contribution in [0.5, 0.6) is 0 Å². The molecule has 2 fully saturated rings. The number of thiophene rings is 1. The fourth-order valence-corrected chi connectivity index (χ4v) is 3.52. The predicted octanol–water partition coefficient (Wildman–Crippen LogP) is 3.23. The van der Waals surface area contributed by atoms with Gasteiger partial charge < -0.3 is 10.1 Å². The summed E-state index contributed by atoms with van der Waals surface area (Å²) in [6.07, 6.45) is 7.78. The Kier molecular flexibility index (Phi) is 4.02. The monoisotopic (exact) mass is 265 g/mol. The van der Waals surface area contributed by atoms with Gasteiger partial charge in [0.1, 0.15) is 0 Å². The fraction of sp³-hybridized carbons (Fsp3) is 0.733. The van der Waals surface area contributed by atoms with Gasteiger partial charge in [-0.05, 0) is 66.3 Å². The number of aryl methyl sites for hydroxylation is 1. The molecule has 18 heavy (non-hydrogen) atoms. The van der Waals surface area contributed by atoms with Gasteiger partial charge in [-0.1, -0.05) is 0 Å². The highest BCUT2D eigenvalue weighted by atomic mass is 32.1. The SMILES string of the molecule is c1cc(CCC2(CNC3CC3)CCOCC2)cs1. The lowest BCUT2D eigenvalue weighted by Crippen LogP contribution is -2.40. The minimum Gasteiger partial charge on any atom is -0.381 e. The van der Waals surface area contributed by atoms with Gasteiger partial charge >= 0.3 is 0 Å². The topological polar surface area (TPSA) is 21.3 Å². The molecule has 3 rings (SSSR count). The van der Waals surface area contributed by atoms with Crippen molar-refractivity contribution in [3.63, 3.8) is 0 Å². The summed E-state index contributed by atoms with van der Waals surface area (Å²) in [6, 6.07) is 3.09. The number of hydrogen-bond acceptors (Lipinski definition) is 3. The Bertz CT molecular complexity index is 353. The van der Waals surface area contributed by atoms with E-state index in [0.29, 0.717) is 5.41 Å². The van der Waals surface area contributed by atoms with E-state index in [-0.39, 0.29) is 0 Å². The van der Waals surface area contributed by atoms with Gasteiger partial charge in [0.15, 0.2) is 0 Å². The van der Waals surface area contributed by atoms with E-state index < -0.39 is 0 Å². The van der Waals surface area contributed by atoms with Crippen LogP contribution in [0, 0.1) is 5.41 Å². The Balaban J connectivity index is 1.56. The van der Waals surface area contributed by atoms with Gasteiger partial charge in [0, 0.05) is 25.8 Å². The number of ether oxygens (including phenoxy) is 1. The van der Waals surface area contributed by atoms with E-state index in [2.05, 4.69) is 22.1 Å². The highest BCUT2D eigenvalue weighted by molar-refractivity contribution is 7.07. The van der Waals surface area contributed by atoms with Gasteiger partial charge in [-0.3, -0.25) is 0 Å². The molecule has 100 valence electrons. The molecule has 3 heteroatoms. The van der Waals surface area contributed by atoms with E-state index in [9.17, 15) is 0 Å². The average molecular weight is 265 g/mol. The number of nitrogens with one attached hydrogen (secondary N) is 1. The Morgan fingerprint density at radius 3 is 2.83 bits per heavy atom. The van der Waals surface area contributed by atoms with Gasteiger partial charge in [-0.25, -0.2) is 0 Å². The van der Waals surface area contributed by atoms with Crippen molar-refractivity contribution in [3.05, 3.63) is 22.4 Å². The summed E-state index contributed by atoms with van der Waals surface area (Å²) in [5.41, 5.74) is 2.00. The van der Waals surface area contributed by atoms with Crippen molar-refractivity contribution in [2.24, 2.45) is 5.41 Å². The lowest BCUT2D eigenvalue weighted by molar-refractivity contribution is 0.0104. The fourth-order valence-electron chi connectivity index (χ4n) is 2.81. The van der Waals surface area contributed by atoms with Crippen molar-refractivity contribution in [3.8, 4) is 0 Å². The van der Waals surface area contributed by atoms with Crippen LogP contribution in [0.25, 0.3) is 0 Å². The van der Waals surface area contributed by atoms with E-state index in [0.717, 1.165) is 19.3 Å². The van der Waals surface area contributed by atoms with Gasteiger partial charge in [0.2, 0.25) is 0 Å². The molecule has 0 bridgehead atoms. The van der Waals surface area contributed by atoms with E-state index in [1.165, 1.54) is 50.6 Å². The van der Waals surface area contributed by atoms with Crippen molar-refractivity contribution in [2.45, 2.75) is 44.6 Å².